The van der Waals surface area contributed by atoms with Crippen LogP contribution in [0.25, 0.3) is 0 Å². The standard InChI is InChI=1S/C17H18N2O5/c1-23-16-10-6-4-8-13(16)18-14(11-17(20)24-2)12-7-3-5-9-15(12)19(21)22/h3-10,14,18H,11H2,1-2H3. The maximum atomic E-state index is 11.8. The monoisotopic (exact) mass is 330 g/mol. The molecule has 7 heteroatoms. The van der Waals surface area contributed by atoms with Gasteiger partial charge in [0, 0.05) is 6.07 Å². The second kappa shape index (κ2) is 7.96. The quantitative estimate of drug-likeness (QED) is 0.476. The molecule has 1 unspecified atom stereocenters. The van der Waals surface area contributed by atoms with E-state index in [1.54, 1.807) is 36.4 Å². The van der Waals surface area contributed by atoms with Gasteiger partial charge in [-0.05, 0) is 12.1 Å². The van der Waals surface area contributed by atoms with Crippen molar-refractivity contribution >= 4 is 17.3 Å². The number of nitro benzene ring substituents is 1. The predicted octanol–water partition coefficient (Wildman–Crippen LogP) is 3.32. The van der Waals surface area contributed by atoms with Crippen LogP contribution >= 0.6 is 0 Å². The number of hydrogen-bond donors (Lipinski definition) is 1. The van der Waals surface area contributed by atoms with Crippen LogP contribution in [0.15, 0.2) is 48.5 Å². The van der Waals surface area contributed by atoms with E-state index in [2.05, 4.69) is 5.32 Å². The zero-order valence-corrected chi connectivity index (χ0v) is 13.4. The van der Waals surface area contributed by atoms with E-state index < -0.39 is 16.9 Å². The second-order valence-electron chi connectivity index (χ2n) is 4.99. The fourth-order valence-electron chi connectivity index (χ4n) is 2.39. The largest absolute Gasteiger partial charge is 0.495 e. The molecule has 0 bridgehead atoms. The first-order valence-electron chi connectivity index (χ1n) is 7.26. The van der Waals surface area contributed by atoms with Gasteiger partial charge in [0.25, 0.3) is 5.69 Å². The van der Waals surface area contributed by atoms with E-state index in [0.29, 0.717) is 17.0 Å². The summed E-state index contributed by atoms with van der Waals surface area (Å²) in [6.45, 7) is 0. The number of nitro groups is 1. The number of carbonyl (C=O) groups is 1. The molecule has 0 amide bonds. The number of benzene rings is 2. The van der Waals surface area contributed by atoms with E-state index in [-0.39, 0.29) is 12.1 Å². The Morgan fingerprint density at radius 1 is 1.17 bits per heavy atom. The van der Waals surface area contributed by atoms with Crippen LogP contribution in [0, 0.1) is 10.1 Å². The first-order chi connectivity index (χ1) is 11.6. The smallest absolute Gasteiger partial charge is 0.307 e. The van der Waals surface area contributed by atoms with Crippen molar-refractivity contribution in [2.75, 3.05) is 19.5 Å². The molecule has 0 fully saturated rings. The highest BCUT2D eigenvalue weighted by Gasteiger charge is 2.25. The first kappa shape index (κ1) is 17.3. The van der Waals surface area contributed by atoms with Gasteiger partial charge in [0.05, 0.1) is 42.9 Å². The Bertz CT molecular complexity index is 732. The molecule has 0 saturated heterocycles. The molecule has 0 radical (unpaired) electrons. The van der Waals surface area contributed by atoms with Gasteiger partial charge in [0.15, 0.2) is 0 Å². The second-order valence-corrected chi connectivity index (χ2v) is 4.99. The Hall–Kier alpha value is -3.09. The molecule has 0 heterocycles. The molecule has 0 saturated carbocycles. The van der Waals surface area contributed by atoms with Crippen molar-refractivity contribution in [3.63, 3.8) is 0 Å². The predicted molar refractivity (Wildman–Crippen MR) is 89.1 cm³/mol. The summed E-state index contributed by atoms with van der Waals surface area (Å²) in [5.74, 6) is 0.103. The van der Waals surface area contributed by atoms with Crippen LogP contribution in [-0.2, 0) is 9.53 Å². The summed E-state index contributed by atoms with van der Waals surface area (Å²) in [5.41, 5.74) is 0.972. The third-order valence-electron chi connectivity index (χ3n) is 3.54. The lowest BCUT2D eigenvalue weighted by atomic mass is 10.0. The maximum Gasteiger partial charge on any atom is 0.307 e. The molecule has 126 valence electrons. The Morgan fingerprint density at radius 2 is 1.83 bits per heavy atom. The fourth-order valence-corrected chi connectivity index (χ4v) is 2.39. The van der Waals surface area contributed by atoms with Gasteiger partial charge in [-0.25, -0.2) is 0 Å². The zero-order valence-electron chi connectivity index (χ0n) is 13.4. The van der Waals surface area contributed by atoms with Crippen LogP contribution in [-0.4, -0.2) is 25.1 Å². The highest BCUT2D eigenvalue weighted by atomic mass is 16.6. The van der Waals surface area contributed by atoms with Crippen LogP contribution in [0.1, 0.15) is 18.0 Å². The van der Waals surface area contributed by atoms with Crippen molar-refractivity contribution in [3.8, 4) is 5.75 Å². The maximum absolute atomic E-state index is 11.8. The van der Waals surface area contributed by atoms with Crippen molar-refractivity contribution in [2.45, 2.75) is 12.5 Å². The van der Waals surface area contributed by atoms with Gasteiger partial charge < -0.3 is 14.8 Å². The van der Waals surface area contributed by atoms with Gasteiger partial charge in [-0.1, -0.05) is 30.3 Å². The Morgan fingerprint density at radius 3 is 2.50 bits per heavy atom. The average molecular weight is 330 g/mol. The molecule has 2 aromatic carbocycles. The number of nitrogens with zero attached hydrogens (tertiary/aromatic N) is 1. The highest BCUT2D eigenvalue weighted by Crippen LogP contribution is 2.33. The minimum atomic E-state index is -0.629. The molecule has 2 rings (SSSR count). The summed E-state index contributed by atoms with van der Waals surface area (Å²) in [5, 5.41) is 14.4. The molecule has 0 aromatic heterocycles. The number of carbonyl (C=O) groups excluding carboxylic acids is 1. The molecule has 7 nitrogen and oxygen atoms in total. The van der Waals surface area contributed by atoms with Crippen molar-refractivity contribution in [3.05, 3.63) is 64.2 Å². The molecular formula is C17H18N2O5. The Balaban J connectivity index is 2.42. The lowest BCUT2D eigenvalue weighted by Crippen LogP contribution is -2.18. The van der Waals surface area contributed by atoms with E-state index in [1.807, 2.05) is 6.07 Å². The first-order valence-corrected chi connectivity index (χ1v) is 7.26. The summed E-state index contributed by atoms with van der Waals surface area (Å²) < 4.78 is 10.00. The van der Waals surface area contributed by atoms with Crippen LogP contribution < -0.4 is 10.1 Å². The SMILES string of the molecule is COC(=O)CC(Nc1ccccc1OC)c1ccccc1[N+](=O)[O-]. The molecule has 1 atom stereocenters. The number of ether oxygens (including phenoxy) is 2. The Kier molecular flexibility index (Phi) is 5.73. The van der Waals surface area contributed by atoms with Crippen molar-refractivity contribution in [2.24, 2.45) is 0 Å². The van der Waals surface area contributed by atoms with Gasteiger partial charge in [0.2, 0.25) is 0 Å². The third kappa shape index (κ3) is 4.01. The normalized spacial score (nSPS) is 11.4. The molecule has 1 N–H and O–H groups in total. The van der Waals surface area contributed by atoms with Gasteiger partial charge in [-0.15, -0.1) is 0 Å². The van der Waals surface area contributed by atoms with Crippen molar-refractivity contribution in [1.29, 1.82) is 0 Å². The number of para-hydroxylation sites is 3. The summed E-state index contributed by atoms with van der Waals surface area (Å²) in [6, 6.07) is 12.8. The number of hydrogen-bond acceptors (Lipinski definition) is 6. The topological polar surface area (TPSA) is 90.7 Å². The molecule has 2 aromatic rings. The summed E-state index contributed by atoms with van der Waals surface area (Å²) in [7, 11) is 2.81. The molecule has 0 aliphatic carbocycles. The summed E-state index contributed by atoms with van der Waals surface area (Å²) >= 11 is 0. The molecule has 0 aliphatic rings. The minimum Gasteiger partial charge on any atom is -0.495 e. The lowest BCUT2D eigenvalue weighted by Gasteiger charge is -2.20. The van der Waals surface area contributed by atoms with Crippen molar-refractivity contribution < 1.29 is 19.2 Å². The van der Waals surface area contributed by atoms with Crippen LogP contribution in [0.2, 0.25) is 0 Å². The van der Waals surface area contributed by atoms with Crippen LogP contribution in [0.5, 0.6) is 5.75 Å². The number of anilines is 1. The molecule has 0 aliphatic heterocycles. The van der Waals surface area contributed by atoms with E-state index in [0.717, 1.165) is 0 Å². The number of rotatable bonds is 7. The lowest BCUT2D eigenvalue weighted by molar-refractivity contribution is -0.385. The summed E-state index contributed by atoms with van der Waals surface area (Å²) in [6.07, 6.45) is -0.0561. The van der Waals surface area contributed by atoms with Gasteiger partial charge in [0.1, 0.15) is 5.75 Å². The fraction of sp³-hybridized carbons (Fsp3) is 0.235. The minimum absolute atomic E-state index is 0.0561. The van der Waals surface area contributed by atoms with E-state index >= 15 is 0 Å². The molecule has 0 spiro atoms. The van der Waals surface area contributed by atoms with E-state index in [1.165, 1.54) is 20.3 Å². The van der Waals surface area contributed by atoms with Crippen LogP contribution in [0.3, 0.4) is 0 Å². The number of esters is 1. The third-order valence-corrected chi connectivity index (χ3v) is 3.54. The Labute approximate surface area is 139 Å². The molecular weight excluding hydrogens is 312 g/mol. The average Bonchev–Trinajstić information content (AvgIpc) is 2.61. The van der Waals surface area contributed by atoms with Gasteiger partial charge in [-0.3, -0.25) is 14.9 Å². The molecule has 24 heavy (non-hydrogen) atoms. The zero-order chi connectivity index (χ0) is 17.5. The van der Waals surface area contributed by atoms with E-state index in [4.69, 9.17) is 9.47 Å². The van der Waals surface area contributed by atoms with Crippen LogP contribution in [0.4, 0.5) is 11.4 Å². The van der Waals surface area contributed by atoms with Gasteiger partial charge >= 0.3 is 5.97 Å². The summed E-state index contributed by atoms with van der Waals surface area (Å²) in [4.78, 5) is 22.6. The van der Waals surface area contributed by atoms with Crippen molar-refractivity contribution in [1.82, 2.24) is 0 Å². The van der Waals surface area contributed by atoms with Gasteiger partial charge in [-0.2, -0.15) is 0 Å². The van der Waals surface area contributed by atoms with E-state index in [9.17, 15) is 14.9 Å². The number of nitrogens with one attached hydrogen (secondary N) is 1. The number of methoxy groups -OCH3 is 2. The highest BCUT2D eigenvalue weighted by molar-refractivity contribution is 5.72.